The molecule has 1 aromatic heterocycles. The predicted octanol–water partition coefficient (Wildman–Crippen LogP) is 1.87. The van der Waals surface area contributed by atoms with Gasteiger partial charge in [0.25, 0.3) is 0 Å². The van der Waals surface area contributed by atoms with E-state index in [0.29, 0.717) is 6.04 Å². The molecule has 2 rings (SSSR count). The van der Waals surface area contributed by atoms with Gasteiger partial charge in [-0.3, -0.25) is 9.58 Å². The summed E-state index contributed by atoms with van der Waals surface area (Å²) >= 11 is 0. The molecule has 4 heteroatoms. The highest BCUT2D eigenvalue weighted by Crippen LogP contribution is 2.14. The summed E-state index contributed by atoms with van der Waals surface area (Å²) in [4.78, 5) is 2.61. The third kappa shape index (κ3) is 3.33. The van der Waals surface area contributed by atoms with Gasteiger partial charge in [0, 0.05) is 31.9 Å². The Morgan fingerprint density at radius 3 is 3.00 bits per heavy atom. The van der Waals surface area contributed by atoms with Crippen LogP contribution in [0.5, 0.6) is 0 Å². The average molecular weight is 250 g/mol. The molecule has 4 nitrogen and oxygen atoms in total. The minimum atomic E-state index is 0.704. The van der Waals surface area contributed by atoms with Crippen LogP contribution < -0.4 is 5.32 Å². The summed E-state index contributed by atoms with van der Waals surface area (Å²) in [5.74, 6) is 0. The number of nitrogens with zero attached hydrogens (tertiary/aromatic N) is 3. The second-order valence-electron chi connectivity index (χ2n) is 5.16. The molecule has 0 bridgehead atoms. The van der Waals surface area contributed by atoms with Crippen LogP contribution in [0.4, 0.5) is 0 Å². The van der Waals surface area contributed by atoms with Gasteiger partial charge in [-0.15, -0.1) is 0 Å². The molecule has 1 N–H and O–H groups in total. The molecule has 1 saturated heterocycles. The van der Waals surface area contributed by atoms with Gasteiger partial charge in [-0.05, 0) is 38.4 Å². The van der Waals surface area contributed by atoms with Crippen molar-refractivity contribution in [3.63, 3.8) is 0 Å². The Morgan fingerprint density at radius 1 is 1.44 bits per heavy atom. The third-order valence-electron chi connectivity index (χ3n) is 3.67. The van der Waals surface area contributed by atoms with Crippen molar-refractivity contribution in [1.82, 2.24) is 20.0 Å². The summed E-state index contributed by atoms with van der Waals surface area (Å²) in [6.07, 6.45) is 5.58. The van der Waals surface area contributed by atoms with E-state index in [0.717, 1.165) is 26.1 Å². The smallest absolute Gasteiger partial charge is 0.0524 e. The standard InChI is InChI=1S/C14H26N4/c1-3-9-17(13-5-7-15-11-13)12-14-6-8-16-18(14)10-4-2/h6,8,13,15H,3-5,7,9-12H2,1-2H3. The molecule has 1 aliphatic rings. The van der Waals surface area contributed by atoms with Gasteiger partial charge in [0.2, 0.25) is 0 Å². The maximum Gasteiger partial charge on any atom is 0.0524 e. The van der Waals surface area contributed by atoms with Crippen molar-refractivity contribution in [3.8, 4) is 0 Å². The fourth-order valence-corrected chi connectivity index (χ4v) is 2.74. The molecule has 1 aromatic rings. The maximum atomic E-state index is 4.42. The van der Waals surface area contributed by atoms with E-state index in [1.54, 1.807) is 0 Å². The van der Waals surface area contributed by atoms with Crippen LogP contribution in [-0.4, -0.2) is 40.4 Å². The van der Waals surface area contributed by atoms with Gasteiger partial charge in [-0.2, -0.15) is 5.10 Å². The van der Waals surface area contributed by atoms with Crippen molar-refractivity contribution >= 4 is 0 Å². The van der Waals surface area contributed by atoms with E-state index in [1.165, 1.54) is 31.6 Å². The van der Waals surface area contributed by atoms with Crippen molar-refractivity contribution in [3.05, 3.63) is 18.0 Å². The van der Waals surface area contributed by atoms with E-state index in [-0.39, 0.29) is 0 Å². The van der Waals surface area contributed by atoms with Crippen molar-refractivity contribution < 1.29 is 0 Å². The topological polar surface area (TPSA) is 33.1 Å². The van der Waals surface area contributed by atoms with Crippen LogP contribution in [-0.2, 0) is 13.1 Å². The second kappa shape index (κ2) is 6.90. The molecule has 102 valence electrons. The van der Waals surface area contributed by atoms with Crippen LogP contribution in [0.2, 0.25) is 0 Å². The Hall–Kier alpha value is -0.870. The summed E-state index contributed by atoms with van der Waals surface area (Å²) in [6, 6.07) is 2.87. The van der Waals surface area contributed by atoms with E-state index in [4.69, 9.17) is 0 Å². The summed E-state index contributed by atoms with van der Waals surface area (Å²) in [6.45, 7) is 10.0. The van der Waals surface area contributed by atoms with E-state index in [2.05, 4.69) is 39.9 Å². The fraction of sp³-hybridized carbons (Fsp3) is 0.786. The van der Waals surface area contributed by atoms with Gasteiger partial charge < -0.3 is 5.32 Å². The Bertz CT molecular complexity index is 341. The minimum absolute atomic E-state index is 0.704. The first-order valence-electron chi connectivity index (χ1n) is 7.30. The zero-order valence-electron chi connectivity index (χ0n) is 11.7. The van der Waals surface area contributed by atoms with Crippen molar-refractivity contribution in [2.45, 2.75) is 52.2 Å². The van der Waals surface area contributed by atoms with Gasteiger partial charge in [0.1, 0.15) is 0 Å². The zero-order chi connectivity index (χ0) is 12.8. The van der Waals surface area contributed by atoms with Gasteiger partial charge in [0.15, 0.2) is 0 Å². The monoisotopic (exact) mass is 250 g/mol. The molecule has 0 saturated carbocycles. The fourth-order valence-electron chi connectivity index (χ4n) is 2.74. The number of nitrogens with one attached hydrogen (secondary N) is 1. The first kappa shape index (κ1) is 13.6. The highest BCUT2D eigenvalue weighted by atomic mass is 15.3. The SMILES string of the molecule is CCCN(Cc1ccnn1CCC)C1CCNC1. The molecule has 1 atom stereocenters. The Labute approximate surface area is 110 Å². The quantitative estimate of drug-likeness (QED) is 0.802. The molecule has 18 heavy (non-hydrogen) atoms. The van der Waals surface area contributed by atoms with E-state index in [1.807, 2.05) is 6.20 Å². The van der Waals surface area contributed by atoms with Crippen molar-refractivity contribution in [2.75, 3.05) is 19.6 Å². The second-order valence-corrected chi connectivity index (χ2v) is 5.16. The maximum absolute atomic E-state index is 4.42. The summed E-state index contributed by atoms with van der Waals surface area (Å²) in [7, 11) is 0. The van der Waals surface area contributed by atoms with Gasteiger partial charge in [-0.1, -0.05) is 13.8 Å². The van der Waals surface area contributed by atoms with Gasteiger partial charge in [-0.25, -0.2) is 0 Å². The molecule has 1 aliphatic heterocycles. The molecule has 0 spiro atoms. The molecule has 2 heterocycles. The summed E-state index contributed by atoms with van der Waals surface area (Å²) in [5, 5.41) is 7.89. The van der Waals surface area contributed by atoms with E-state index < -0.39 is 0 Å². The van der Waals surface area contributed by atoms with Crippen LogP contribution in [0.15, 0.2) is 12.3 Å². The number of aromatic nitrogens is 2. The van der Waals surface area contributed by atoms with Gasteiger partial charge in [0.05, 0.1) is 5.69 Å². The van der Waals surface area contributed by atoms with Crippen LogP contribution in [0.25, 0.3) is 0 Å². The van der Waals surface area contributed by atoms with Crippen LogP contribution in [0, 0.1) is 0 Å². The molecule has 0 radical (unpaired) electrons. The number of aryl methyl sites for hydroxylation is 1. The Kier molecular flexibility index (Phi) is 5.20. The zero-order valence-corrected chi connectivity index (χ0v) is 11.7. The normalized spacial score (nSPS) is 19.8. The first-order chi connectivity index (χ1) is 8.85. The van der Waals surface area contributed by atoms with Crippen molar-refractivity contribution in [2.24, 2.45) is 0 Å². The lowest BCUT2D eigenvalue weighted by molar-refractivity contribution is 0.193. The third-order valence-corrected chi connectivity index (χ3v) is 3.67. The lowest BCUT2D eigenvalue weighted by Gasteiger charge is -2.28. The largest absolute Gasteiger partial charge is 0.315 e. The number of hydrogen-bond donors (Lipinski definition) is 1. The highest BCUT2D eigenvalue weighted by molar-refractivity contribution is 5.01. The Balaban J connectivity index is 2.00. The molecule has 1 unspecified atom stereocenters. The molecular weight excluding hydrogens is 224 g/mol. The molecule has 1 fully saturated rings. The van der Waals surface area contributed by atoms with Crippen LogP contribution >= 0.6 is 0 Å². The van der Waals surface area contributed by atoms with Crippen LogP contribution in [0.3, 0.4) is 0 Å². The predicted molar refractivity (Wildman–Crippen MR) is 74.5 cm³/mol. The van der Waals surface area contributed by atoms with E-state index in [9.17, 15) is 0 Å². The lowest BCUT2D eigenvalue weighted by atomic mass is 10.2. The average Bonchev–Trinajstić information content (AvgIpc) is 3.01. The molecule has 0 aliphatic carbocycles. The van der Waals surface area contributed by atoms with Crippen molar-refractivity contribution in [1.29, 1.82) is 0 Å². The van der Waals surface area contributed by atoms with Gasteiger partial charge >= 0.3 is 0 Å². The first-order valence-corrected chi connectivity index (χ1v) is 7.30. The molecule has 0 aromatic carbocycles. The van der Waals surface area contributed by atoms with E-state index >= 15 is 0 Å². The minimum Gasteiger partial charge on any atom is -0.315 e. The summed E-state index contributed by atoms with van der Waals surface area (Å²) in [5.41, 5.74) is 1.36. The lowest BCUT2D eigenvalue weighted by Crippen LogP contribution is -2.37. The number of hydrogen-bond acceptors (Lipinski definition) is 3. The number of rotatable bonds is 7. The summed E-state index contributed by atoms with van der Waals surface area (Å²) < 4.78 is 2.16. The molecular formula is C14H26N4. The Morgan fingerprint density at radius 2 is 2.33 bits per heavy atom. The highest BCUT2D eigenvalue weighted by Gasteiger charge is 2.22. The molecule has 0 amide bonds. The van der Waals surface area contributed by atoms with Crippen LogP contribution in [0.1, 0.15) is 38.8 Å².